The summed E-state index contributed by atoms with van der Waals surface area (Å²) in [5.41, 5.74) is 1.11. The van der Waals surface area contributed by atoms with Gasteiger partial charge in [0.1, 0.15) is 0 Å². The number of hydrogen-bond donors (Lipinski definition) is 1. The van der Waals surface area contributed by atoms with Crippen molar-refractivity contribution in [1.29, 1.82) is 0 Å². The summed E-state index contributed by atoms with van der Waals surface area (Å²) in [6.45, 7) is 0.598. The molecule has 0 radical (unpaired) electrons. The zero-order valence-electron chi connectivity index (χ0n) is 5.96. The van der Waals surface area contributed by atoms with Crippen molar-refractivity contribution in [2.24, 2.45) is 0 Å². The van der Waals surface area contributed by atoms with Gasteiger partial charge in [-0.1, -0.05) is 23.7 Å². The maximum atomic E-state index is 5.69. The average Bonchev–Trinajstić information content (AvgIpc) is 2.04. The van der Waals surface area contributed by atoms with E-state index in [0.717, 1.165) is 10.6 Å². The van der Waals surface area contributed by atoms with E-state index in [1.54, 1.807) is 0 Å². The summed E-state index contributed by atoms with van der Waals surface area (Å²) < 4.78 is 5.08. The zero-order valence-corrected chi connectivity index (χ0v) is 7.61. The van der Waals surface area contributed by atoms with Gasteiger partial charge in [-0.2, -0.15) is 12.6 Å². The maximum absolute atomic E-state index is 5.69. The van der Waals surface area contributed by atoms with Gasteiger partial charge in [0.05, 0.1) is 12.5 Å². The molecule has 0 aliphatic rings. The Kier molecular flexibility index (Phi) is 3.77. The van der Waals surface area contributed by atoms with E-state index in [4.69, 9.17) is 16.3 Å². The Morgan fingerprint density at radius 1 is 1.27 bits per heavy atom. The fourth-order valence-electron chi connectivity index (χ4n) is 0.744. The minimum Gasteiger partial charge on any atom is -0.366 e. The van der Waals surface area contributed by atoms with Crippen LogP contribution < -0.4 is 0 Å². The molecule has 3 heteroatoms. The molecular formula is C8H9ClOS. The fraction of sp³-hybridized carbons (Fsp3) is 0.250. The number of ether oxygens (including phenoxy) is 1. The van der Waals surface area contributed by atoms with E-state index < -0.39 is 0 Å². The third-order valence-electron chi connectivity index (χ3n) is 1.27. The third kappa shape index (κ3) is 3.14. The molecule has 0 aromatic heterocycles. The lowest BCUT2D eigenvalue weighted by atomic mass is 10.2. The molecule has 60 valence electrons. The Labute approximate surface area is 76.7 Å². The van der Waals surface area contributed by atoms with E-state index in [9.17, 15) is 0 Å². The molecule has 11 heavy (non-hydrogen) atoms. The van der Waals surface area contributed by atoms with Crippen LogP contribution in [0.15, 0.2) is 24.3 Å². The van der Waals surface area contributed by atoms with E-state index >= 15 is 0 Å². The van der Waals surface area contributed by atoms with E-state index in [1.165, 1.54) is 0 Å². The van der Waals surface area contributed by atoms with Crippen molar-refractivity contribution in [2.45, 2.75) is 6.61 Å². The van der Waals surface area contributed by atoms with Crippen molar-refractivity contribution < 1.29 is 4.74 Å². The smallest absolute Gasteiger partial charge is 0.0897 e. The number of halogens is 1. The number of thiol groups is 1. The van der Waals surface area contributed by atoms with Crippen LogP contribution in [-0.2, 0) is 11.3 Å². The van der Waals surface area contributed by atoms with Gasteiger partial charge in [0.2, 0.25) is 0 Å². The van der Waals surface area contributed by atoms with Crippen LogP contribution in [0.4, 0.5) is 0 Å². The van der Waals surface area contributed by atoms with Gasteiger partial charge < -0.3 is 4.74 Å². The first-order valence-corrected chi connectivity index (χ1v) is 4.27. The molecule has 0 atom stereocenters. The molecule has 0 saturated heterocycles. The molecule has 0 amide bonds. The summed E-state index contributed by atoms with van der Waals surface area (Å²) in [6.07, 6.45) is 0. The van der Waals surface area contributed by atoms with E-state index in [2.05, 4.69) is 12.6 Å². The second-order valence-electron chi connectivity index (χ2n) is 2.10. The summed E-state index contributed by atoms with van der Waals surface area (Å²) in [5.74, 6) is 0.447. The van der Waals surface area contributed by atoms with E-state index in [-0.39, 0.29) is 0 Å². The number of rotatable bonds is 3. The highest BCUT2D eigenvalue weighted by Gasteiger charge is 1.91. The summed E-state index contributed by atoms with van der Waals surface area (Å²) in [6, 6.07) is 7.56. The van der Waals surface area contributed by atoms with Crippen LogP contribution in [0, 0.1) is 0 Å². The van der Waals surface area contributed by atoms with E-state index in [0.29, 0.717) is 12.5 Å². The molecule has 0 aliphatic carbocycles. The van der Waals surface area contributed by atoms with Crippen LogP contribution in [0.2, 0.25) is 5.02 Å². The number of hydrogen-bond acceptors (Lipinski definition) is 2. The lowest BCUT2D eigenvalue weighted by molar-refractivity contribution is 0.170. The van der Waals surface area contributed by atoms with Crippen LogP contribution in [0.3, 0.4) is 0 Å². The van der Waals surface area contributed by atoms with Crippen molar-refractivity contribution in [3.05, 3.63) is 34.9 Å². The van der Waals surface area contributed by atoms with Gasteiger partial charge in [0.15, 0.2) is 0 Å². The Morgan fingerprint density at radius 3 is 2.45 bits per heavy atom. The summed E-state index contributed by atoms with van der Waals surface area (Å²) in [5, 5.41) is 0.750. The topological polar surface area (TPSA) is 9.23 Å². The highest BCUT2D eigenvalue weighted by Crippen LogP contribution is 2.10. The molecule has 0 bridgehead atoms. The summed E-state index contributed by atoms with van der Waals surface area (Å²) in [4.78, 5) is 0. The quantitative estimate of drug-likeness (QED) is 0.567. The highest BCUT2D eigenvalue weighted by atomic mass is 35.5. The standard InChI is InChI=1S/C8H9ClOS/c9-8-3-1-7(2-4-8)5-10-6-11/h1-4,11H,5-6H2. The van der Waals surface area contributed by atoms with Gasteiger partial charge in [-0.25, -0.2) is 0 Å². The molecule has 0 aliphatic heterocycles. The second kappa shape index (κ2) is 4.65. The second-order valence-corrected chi connectivity index (χ2v) is 2.80. The normalized spacial score (nSPS) is 10.0. The van der Waals surface area contributed by atoms with Gasteiger partial charge in [0, 0.05) is 5.02 Å². The van der Waals surface area contributed by atoms with Crippen molar-refractivity contribution in [3.63, 3.8) is 0 Å². The van der Waals surface area contributed by atoms with Crippen molar-refractivity contribution in [2.75, 3.05) is 5.94 Å². The van der Waals surface area contributed by atoms with Crippen LogP contribution in [0.1, 0.15) is 5.56 Å². The van der Waals surface area contributed by atoms with Gasteiger partial charge in [0.25, 0.3) is 0 Å². The molecule has 1 aromatic carbocycles. The lowest BCUT2D eigenvalue weighted by Crippen LogP contribution is -1.88. The Hall–Kier alpha value is -0.180. The zero-order chi connectivity index (χ0) is 8.10. The molecule has 0 spiro atoms. The van der Waals surface area contributed by atoms with Crippen molar-refractivity contribution in [1.82, 2.24) is 0 Å². The molecular weight excluding hydrogens is 180 g/mol. The van der Waals surface area contributed by atoms with Crippen molar-refractivity contribution >= 4 is 24.2 Å². The molecule has 1 rings (SSSR count). The molecule has 0 unspecified atom stereocenters. The molecule has 1 aromatic rings. The first-order valence-electron chi connectivity index (χ1n) is 3.26. The van der Waals surface area contributed by atoms with Crippen LogP contribution in [0.5, 0.6) is 0 Å². The van der Waals surface area contributed by atoms with Crippen LogP contribution >= 0.6 is 24.2 Å². The Bertz CT molecular complexity index is 210. The summed E-state index contributed by atoms with van der Waals surface area (Å²) >= 11 is 9.61. The average molecular weight is 189 g/mol. The predicted octanol–water partition coefficient (Wildman–Crippen LogP) is 2.74. The van der Waals surface area contributed by atoms with Gasteiger partial charge in [-0.3, -0.25) is 0 Å². The van der Waals surface area contributed by atoms with Gasteiger partial charge in [-0.15, -0.1) is 0 Å². The Morgan fingerprint density at radius 2 is 1.91 bits per heavy atom. The van der Waals surface area contributed by atoms with Crippen molar-refractivity contribution in [3.8, 4) is 0 Å². The number of benzene rings is 1. The largest absolute Gasteiger partial charge is 0.366 e. The lowest BCUT2D eigenvalue weighted by Gasteiger charge is -1.99. The molecule has 0 fully saturated rings. The predicted molar refractivity (Wildman–Crippen MR) is 50.1 cm³/mol. The van der Waals surface area contributed by atoms with Gasteiger partial charge >= 0.3 is 0 Å². The molecule has 0 heterocycles. The first kappa shape index (κ1) is 8.91. The maximum Gasteiger partial charge on any atom is 0.0897 e. The SMILES string of the molecule is SCOCc1ccc(Cl)cc1. The minimum absolute atomic E-state index is 0.447. The van der Waals surface area contributed by atoms with E-state index in [1.807, 2.05) is 24.3 Å². The van der Waals surface area contributed by atoms with Crippen LogP contribution in [-0.4, -0.2) is 5.94 Å². The fourth-order valence-corrected chi connectivity index (χ4v) is 0.961. The molecule has 1 nitrogen and oxygen atoms in total. The van der Waals surface area contributed by atoms with Gasteiger partial charge in [-0.05, 0) is 17.7 Å². The summed E-state index contributed by atoms with van der Waals surface area (Å²) in [7, 11) is 0. The molecule has 0 saturated carbocycles. The third-order valence-corrected chi connectivity index (χ3v) is 1.71. The molecule has 0 N–H and O–H groups in total. The first-order chi connectivity index (χ1) is 5.33. The monoisotopic (exact) mass is 188 g/mol. The minimum atomic E-state index is 0.447. The Balaban J connectivity index is 2.52. The highest BCUT2D eigenvalue weighted by molar-refractivity contribution is 7.80. The van der Waals surface area contributed by atoms with Crippen LogP contribution in [0.25, 0.3) is 0 Å².